The van der Waals surface area contributed by atoms with Gasteiger partial charge in [-0.15, -0.1) is 11.8 Å². The number of benzene rings is 1. The molecule has 5 aliphatic rings. The van der Waals surface area contributed by atoms with Crippen molar-refractivity contribution in [1.82, 2.24) is 14.8 Å². The smallest absolute Gasteiger partial charge is 0.305 e. The Morgan fingerprint density at radius 1 is 1.02 bits per heavy atom. The number of rotatable bonds is 10. The summed E-state index contributed by atoms with van der Waals surface area (Å²) in [6.45, 7) is 2.30. The van der Waals surface area contributed by atoms with Gasteiger partial charge in [0.15, 0.2) is 6.61 Å². The molecular formula is C31H35N3O8S2. The first kappa shape index (κ1) is 29.5. The number of amides is 3. The third kappa shape index (κ3) is 5.06. The molecule has 234 valence electrons. The van der Waals surface area contributed by atoms with Gasteiger partial charge in [-0.25, -0.2) is 0 Å². The van der Waals surface area contributed by atoms with E-state index in [1.165, 1.54) is 16.2 Å². The number of para-hydroxylation sites is 1. The van der Waals surface area contributed by atoms with Crippen molar-refractivity contribution < 1.29 is 33.8 Å². The number of morpholine rings is 1. The van der Waals surface area contributed by atoms with E-state index < -0.39 is 5.97 Å². The van der Waals surface area contributed by atoms with E-state index in [1.54, 1.807) is 16.7 Å². The number of nitrogens with zero attached hydrogens (tertiary/aromatic N) is 2. The Balaban J connectivity index is 1.15. The first-order chi connectivity index (χ1) is 21.3. The summed E-state index contributed by atoms with van der Waals surface area (Å²) in [5.74, 6) is -1.49. The number of thiazole rings is 1. The van der Waals surface area contributed by atoms with E-state index in [0.717, 1.165) is 21.9 Å². The highest BCUT2D eigenvalue weighted by atomic mass is 32.2. The Kier molecular flexibility index (Phi) is 8.04. The molecular weight excluding hydrogens is 606 g/mol. The summed E-state index contributed by atoms with van der Waals surface area (Å²) in [6, 6.07) is 7.66. The van der Waals surface area contributed by atoms with Crippen LogP contribution in [0.15, 0.2) is 34.1 Å². The van der Waals surface area contributed by atoms with E-state index in [-0.39, 0.29) is 76.4 Å². The lowest BCUT2D eigenvalue weighted by atomic mass is 9.68. The van der Waals surface area contributed by atoms with Crippen LogP contribution in [0.5, 0.6) is 5.75 Å². The quantitative estimate of drug-likeness (QED) is 0.295. The Labute approximate surface area is 262 Å². The number of aliphatic carboxylic acids is 1. The van der Waals surface area contributed by atoms with Crippen LogP contribution in [0.3, 0.4) is 0 Å². The number of hydrogen-bond donors (Lipinski definition) is 2. The maximum atomic E-state index is 13.8. The van der Waals surface area contributed by atoms with Gasteiger partial charge >= 0.3 is 10.8 Å². The standard InChI is InChI=1S/C31H35N3O8S2/c35-20(33-10-12-41-13-11-33)15-42-19-7-4-3-6-16(19)22-23-17-14-18(26(23)43-28-27(22)44-31(40)32-28)25-24(17)29(38)34(30(25)39)9-5-1-2-8-21(36)37/h3-4,6-7,17-18,22-26H,1-2,5,8-15H2,(H,32,40)(H,36,37)/t17?,18?,22-,23?,24?,25?,26?/m1/s1. The van der Waals surface area contributed by atoms with Gasteiger partial charge in [-0.1, -0.05) is 36.0 Å². The third-order valence-corrected chi connectivity index (χ3v) is 12.6. The van der Waals surface area contributed by atoms with Crippen molar-refractivity contribution in [3.05, 3.63) is 44.4 Å². The van der Waals surface area contributed by atoms with E-state index >= 15 is 0 Å². The molecule has 13 heteroatoms. The molecule has 0 spiro atoms. The number of aromatic amines is 1. The number of imide groups is 1. The molecule has 2 saturated carbocycles. The third-order valence-electron chi connectivity index (χ3n) is 10.1. The molecule has 1 aromatic carbocycles. The van der Waals surface area contributed by atoms with Crippen LogP contribution < -0.4 is 9.61 Å². The summed E-state index contributed by atoms with van der Waals surface area (Å²) in [5.41, 5.74) is 0.894. The van der Waals surface area contributed by atoms with Gasteiger partial charge in [0.05, 0.1) is 30.1 Å². The Bertz CT molecular complexity index is 1530. The summed E-state index contributed by atoms with van der Waals surface area (Å²) in [6.07, 6.45) is 2.63. The Morgan fingerprint density at radius 2 is 1.77 bits per heavy atom. The van der Waals surface area contributed by atoms with Gasteiger partial charge in [-0.2, -0.15) is 0 Å². The molecule has 0 radical (unpaired) electrons. The van der Waals surface area contributed by atoms with Crippen LogP contribution in [0.4, 0.5) is 0 Å². The summed E-state index contributed by atoms with van der Waals surface area (Å²) in [7, 11) is 0. The van der Waals surface area contributed by atoms with Gasteiger partial charge in [-0.05, 0) is 43.1 Å². The minimum Gasteiger partial charge on any atom is -0.483 e. The molecule has 3 amide bonds. The van der Waals surface area contributed by atoms with Crippen LogP contribution in [0.25, 0.3) is 0 Å². The van der Waals surface area contributed by atoms with Crippen LogP contribution in [-0.4, -0.2) is 88.3 Å². The normalized spacial score (nSPS) is 30.3. The van der Waals surface area contributed by atoms with Crippen LogP contribution in [0.1, 0.15) is 48.5 Å². The lowest BCUT2D eigenvalue weighted by Crippen LogP contribution is -2.43. The van der Waals surface area contributed by atoms with Crippen LogP contribution in [-0.2, 0) is 23.9 Å². The zero-order chi connectivity index (χ0) is 30.5. The number of unbranched alkanes of at least 4 members (excludes halogenated alkanes) is 2. The Hall–Kier alpha value is -3.16. The van der Waals surface area contributed by atoms with Gasteiger partial charge in [0.25, 0.3) is 5.91 Å². The molecule has 2 bridgehead atoms. The zero-order valence-electron chi connectivity index (χ0n) is 24.1. The minimum atomic E-state index is -0.843. The molecule has 44 heavy (non-hydrogen) atoms. The molecule has 2 aromatic rings. The van der Waals surface area contributed by atoms with Crippen molar-refractivity contribution in [2.24, 2.45) is 29.6 Å². The first-order valence-corrected chi connectivity index (χ1v) is 17.1. The molecule has 1 aromatic heterocycles. The maximum absolute atomic E-state index is 13.8. The fourth-order valence-corrected chi connectivity index (χ4v) is 11.2. The molecule has 4 fully saturated rings. The summed E-state index contributed by atoms with van der Waals surface area (Å²) in [4.78, 5) is 70.8. The number of hydrogen-bond acceptors (Lipinski definition) is 9. The Morgan fingerprint density at radius 3 is 2.55 bits per heavy atom. The highest BCUT2D eigenvalue weighted by molar-refractivity contribution is 8.00. The number of carbonyl (C=O) groups excluding carboxylic acids is 3. The molecule has 4 heterocycles. The number of carbonyl (C=O) groups is 4. The van der Waals surface area contributed by atoms with Crippen molar-refractivity contribution in [3.63, 3.8) is 0 Å². The maximum Gasteiger partial charge on any atom is 0.305 e. The lowest BCUT2D eigenvalue weighted by Gasteiger charge is -2.43. The van der Waals surface area contributed by atoms with Crippen molar-refractivity contribution in [1.29, 1.82) is 0 Å². The van der Waals surface area contributed by atoms with Gasteiger partial charge in [-0.3, -0.25) is 28.9 Å². The summed E-state index contributed by atoms with van der Waals surface area (Å²) >= 11 is 2.83. The fraction of sp³-hybridized carbons (Fsp3) is 0.581. The highest BCUT2D eigenvalue weighted by Gasteiger charge is 2.69. The van der Waals surface area contributed by atoms with Crippen LogP contribution >= 0.6 is 23.1 Å². The number of ether oxygens (including phenoxy) is 2. The predicted octanol–water partition coefficient (Wildman–Crippen LogP) is 2.79. The number of fused-ring (bicyclic) bond motifs is 9. The highest BCUT2D eigenvalue weighted by Crippen LogP contribution is 2.69. The number of nitrogens with one attached hydrogen (secondary N) is 1. The molecule has 7 rings (SSSR count). The average Bonchev–Trinajstić information content (AvgIpc) is 3.76. The second-order valence-electron chi connectivity index (χ2n) is 12.3. The number of aromatic nitrogens is 1. The van der Waals surface area contributed by atoms with E-state index in [9.17, 15) is 24.0 Å². The molecule has 7 atom stereocenters. The predicted molar refractivity (Wildman–Crippen MR) is 161 cm³/mol. The zero-order valence-corrected chi connectivity index (χ0v) is 25.8. The SMILES string of the molecule is O=C(O)CCCCCN1C(=O)C2C3CC(C2C1=O)C1C3Sc2[nH]c(=O)sc2[C@@H]1c1ccccc1OCC(=O)N1CCOCC1. The van der Waals surface area contributed by atoms with E-state index in [4.69, 9.17) is 14.6 Å². The van der Waals surface area contributed by atoms with Crippen LogP contribution in [0, 0.1) is 29.6 Å². The number of H-pyrrole nitrogens is 1. The lowest BCUT2D eigenvalue weighted by molar-refractivity contribution is -0.141. The van der Waals surface area contributed by atoms with Crippen molar-refractivity contribution in [2.75, 3.05) is 39.5 Å². The second kappa shape index (κ2) is 12.0. The summed E-state index contributed by atoms with van der Waals surface area (Å²) in [5, 5.41) is 9.79. The van der Waals surface area contributed by atoms with Crippen molar-refractivity contribution in [2.45, 2.75) is 48.3 Å². The van der Waals surface area contributed by atoms with Gasteiger partial charge in [0, 0.05) is 47.7 Å². The van der Waals surface area contributed by atoms with Gasteiger partial charge < -0.3 is 24.5 Å². The van der Waals surface area contributed by atoms with Gasteiger partial charge in [0.1, 0.15) is 5.75 Å². The molecule has 6 unspecified atom stereocenters. The monoisotopic (exact) mass is 641 g/mol. The summed E-state index contributed by atoms with van der Waals surface area (Å²) < 4.78 is 11.6. The molecule has 11 nitrogen and oxygen atoms in total. The van der Waals surface area contributed by atoms with E-state index in [2.05, 4.69) is 4.98 Å². The largest absolute Gasteiger partial charge is 0.483 e. The number of thioether (sulfide) groups is 1. The molecule has 3 aliphatic heterocycles. The van der Waals surface area contributed by atoms with Crippen LogP contribution in [0.2, 0.25) is 0 Å². The minimum absolute atomic E-state index is 0.0171. The average molecular weight is 642 g/mol. The van der Waals surface area contributed by atoms with Crippen molar-refractivity contribution >= 4 is 46.8 Å². The van der Waals surface area contributed by atoms with E-state index in [1.807, 2.05) is 24.3 Å². The molecule has 2 N–H and O–H groups in total. The number of carboxylic acid groups (broad SMARTS) is 1. The van der Waals surface area contributed by atoms with E-state index in [0.29, 0.717) is 57.9 Å². The van der Waals surface area contributed by atoms with Crippen molar-refractivity contribution in [3.8, 4) is 5.75 Å². The topological polar surface area (TPSA) is 146 Å². The first-order valence-electron chi connectivity index (χ1n) is 15.4. The van der Waals surface area contributed by atoms with Gasteiger partial charge in [0.2, 0.25) is 11.8 Å². The number of carboxylic acids is 1. The number of likely N-dealkylation sites (tertiary alicyclic amines) is 1. The second-order valence-corrected chi connectivity index (χ2v) is 14.5. The molecule has 2 saturated heterocycles. The fourth-order valence-electron chi connectivity index (χ4n) is 8.28. The molecule has 2 aliphatic carbocycles.